The fourth-order valence-electron chi connectivity index (χ4n) is 2.40. The topological polar surface area (TPSA) is 51.1 Å². The zero-order valence-corrected chi connectivity index (χ0v) is 13.5. The molecule has 0 unspecified atom stereocenters. The second-order valence-electron chi connectivity index (χ2n) is 5.27. The van der Waals surface area contributed by atoms with E-state index in [1.165, 1.54) is 0 Å². The van der Waals surface area contributed by atoms with E-state index in [-0.39, 0.29) is 0 Å². The Hall–Kier alpha value is -2.85. The summed E-state index contributed by atoms with van der Waals surface area (Å²) < 4.78 is 1.75. The maximum absolute atomic E-state index is 12.5. The van der Waals surface area contributed by atoms with Gasteiger partial charge >= 0.3 is 0 Å². The maximum Gasteiger partial charge on any atom is 0.298 e. The van der Waals surface area contributed by atoms with Crippen LogP contribution in [-0.4, -0.2) is 16.3 Å². The molecule has 4 nitrogen and oxygen atoms in total. The van der Waals surface area contributed by atoms with Crippen molar-refractivity contribution in [3.05, 3.63) is 89.2 Å². The lowest BCUT2D eigenvalue weighted by Crippen LogP contribution is -2.25. The Balaban J connectivity index is 1.77. The lowest BCUT2D eigenvalue weighted by Gasteiger charge is -2.10. The van der Waals surface area contributed by atoms with Crippen LogP contribution in [0.5, 0.6) is 0 Å². The number of hydrogen-bond acceptors (Lipinski definition) is 2. The van der Waals surface area contributed by atoms with Crippen LogP contribution in [0.1, 0.15) is 16.1 Å². The van der Waals surface area contributed by atoms with E-state index < -0.39 is 11.7 Å². The van der Waals surface area contributed by atoms with Gasteiger partial charge in [-0.15, -0.1) is 0 Å². The fraction of sp³-hybridized carbons (Fsp3) is 0.0526. The molecule has 0 aliphatic heterocycles. The Kier molecular flexibility index (Phi) is 4.77. The van der Waals surface area contributed by atoms with E-state index in [0.717, 1.165) is 5.56 Å². The molecule has 2 aromatic carbocycles. The summed E-state index contributed by atoms with van der Waals surface area (Å²) in [5.41, 5.74) is 1.80. The van der Waals surface area contributed by atoms with Gasteiger partial charge in [-0.1, -0.05) is 54.1 Å². The summed E-state index contributed by atoms with van der Waals surface area (Å²) in [7, 11) is 0. The number of rotatable bonds is 5. The highest BCUT2D eigenvalue weighted by atomic mass is 35.5. The van der Waals surface area contributed by atoms with Gasteiger partial charge in [-0.2, -0.15) is 0 Å². The Labute approximate surface area is 144 Å². The Morgan fingerprint density at radius 2 is 1.62 bits per heavy atom. The van der Waals surface area contributed by atoms with Crippen molar-refractivity contribution >= 4 is 29.0 Å². The molecule has 0 radical (unpaired) electrons. The van der Waals surface area contributed by atoms with Crippen molar-refractivity contribution in [1.29, 1.82) is 0 Å². The molecule has 1 amide bonds. The Bertz CT molecular complexity index is 872. The minimum absolute atomic E-state index is 0.336. The average Bonchev–Trinajstić information content (AvgIpc) is 3.05. The zero-order chi connectivity index (χ0) is 16.9. The number of amides is 1. The van der Waals surface area contributed by atoms with Gasteiger partial charge < -0.3 is 9.88 Å². The van der Waals surface area contributed by atoms with Crippen LogP contribution >= 0.6 is 11.6 Å². The van der Waals surface area contributed by atoms with Gasteiger partial charge in [0.05, 0.1) is 16.4 Å². The van der Waals surface area contributed by atoms with E-state index in [2.05, 4.69) is 5.32 Å². The molecule has 1 aromatic heterocycles. The largest absolute Gasteiger partial charge is 0.340 e. The normalized spacial score (nSPS) is 10.4. The SMILES string of the molecule is O=C(Nc1ccccc1Cl)C(=O)c1cccn1Cc1ccccc1. The Morgan fingerprint density at radius 1 is 0.917 bits per heavy atom. The summed E-state index contributed by atoms with van der Waals surface area (Å²) in [4.78, 5) is 24.7. The van der Waals surface area contributed by atoms with E-state index >= 15 is 0 Å². The molecule has 3 rings (SSSR count). The lowest BCUT2D eigenvalue weighted by atomic mass is 10.2. The van der Waals surface area contributed by atoms with Gasteiger partial charge in [-0.05, 0) is 29.8 Å². The number of halogens is 1. The van der Waals surface area contributed by atoms with Gasteiger partial charge in [-0.25, -0.2) is 0 Å². The molecule has 24 heavy (non-hydrogen) atoms. The first-order valence-corrected chi connectivity index (χ1v) is 7.82. The predicted molar refractivity (Wildman–Crippen MR) is 94.4 cm³/mol. The standard InChI is InChI=1S/C19H15ClN2O2/c20-15-9-4-5-10-16(15)21-19(24)18(23)17-11-6-12-22(17)13-14-7-2-1-3-8-14/h1-12H,13H2,(H,21,24). The molecule has 1 heterocycles. The molecule has 0 aliphatic rings. The van der Waals surface area contributed by atoms with Crippen molar-refractivity contribution in [2.75, 3.05) is 5.32 Å². The summed E-state index contributed by atoms with van der Waals surface area (Å²) >= 11 is 6.01. The highest BCUT2D eigenvalue weighted by molar-refractivity contribution is 6.47. The molecule has 3 aromatic rings. The number of benzene rings is 2. The number of Topliss-reactive ketones (excluding diaryl/α,β-unsaturated/α-hetero) is 1. The van der Waals surface area contributed by atoms with Crippen LogP contribution in [-0.2, 0) is 11.3 Å². The van der Waals surface area contributed by atoms with Crippen LogP contribution in [0.3, 0.4) is 0 Å². The van der Waals surface area contributed by atoms with Gasteiger partial charge in [0, 0.05) is 12.7 Å². The molecule has 0 atom stereocenters. The molecular weight excluding hydrogens is 324 g/mol. The van der Waals surface area contributed by atoms with Crippen LogP contribution in [0.25, 0.3) is 0 Å². The molecule has 1 N–H and O–H groups in total. The molecule has 0 spiro atoms. The molecule has 0 aliphatic carbocycles. The summed E-state index contributed by atoms with van der Waals surface area (Å²) in [5, 5.41) is 2.94. The smallest absolute Gasteiger partial charge is 0.298 e. The van der Waals surface area contributed by atoms with Crippen molar-refractivity contribution in [3.63, 3.8) is 0 Å². The number of nitrogens with one attached hydrogen (secondary N) is 1. The molecule has 0 bridgehead atoms. The van der Waals surface area contributed by atoms with Crippen LogP contribution in [0.15, 0.2) is 72.9 Å². The number of anilines is 1. The predicted octanol–water partition coefficient (Wildman–Crippen LogP) is 4.01. The van der Waals surface area contributed by atoms with Gasteiger partial charge in [0.1, 0.15) is 0 Å². The van der Waals surface area contributed by atoms with Crippen molar-refractivity contribution in [3.8, 4) is 0 Å². The number of carbonyl (C=O) groups is 2. The van der Waals surface area contributed by atoms with Crippen LogP contribution < -0.4 is 5.32 Å². The van der Waals surface area contributed by atoms with Crippen molar-refractivity contribution in [1.82, 2.24) is 4.57 Å². The third kappa shape index (κ3) is 3.55. The van der Waals surface area contributed by atoms with Gasteiger partial charge in [-0.3, -0.25) is 9.59 Å². The monoisotopic (exact) mass is 338 g/mol. The van der Waals surface area contributed by atoms with E-state index in [1.807, 2.05) is 30.3 Å². The quantitative estimate of drug-likeness (QED) is 0.564. The number of ketones is 1. The fourth-order valence-corrected chi connectivity index (χ4v) is 2.58. The number of para-hydroxylation sites is 1. The van der Waals surface area contributed by atoms with Gasteiger partial charge in [0.15, 0.2) is 0 Å². The third-order valence-corrected chi connectivity index (χ3v) is 3.92. The van der Waals surface area contributed by atoms with E-state index in [4.69, 9.17) is 11.6 Å². The zero-order valence-electron chi connectivity index (χ0n) is 12.8. The second kappa shape index (κ2) is 7.15. The second-order valence-corrected chi connectivity index (χ2v) is 5.68. The molecule has 5 heteroatoms. The van der Waals surface area contributed by atoms with E-state index in [1.54, 1.807) is 47.2 Å². The molecule has 0 fully saturated rings. The third-order valence-electron chi connectivity index (χ3n) is 3.59. The van der Waals surface area contributed by atoms with Crippen LogP contribution in [0.4, 0.5) is 5.69 Å². The summed E-state index contributed by atoms with van der Waals surface area (Å²) in [5.74, 6) is -1.31. The lowest BCUT2D eigenvalue weighted by molar-refractivity contribution is -0.112. The number of nitrogens with zero attached hydrogens (tertiary/aromatic N) is 1. The highest BCUT2D eigenvalue weighted by Crippen LogP contribution is 2.20. The first-order chi connectivity index (χ1) is 11.6. The van der Waals surface area contributed by atoms with Crippen molar-refractivity contribution < 1.29 is 9.59 Å². The summed E-state index contributed by atoms with van der Waals surface area (Å²) in [6, 6.07) is 19.9. The summed E-state index contributed by atoms with van der Waals surface area (Å²) in [6.07, 6.45) is 1.78. The molecular formula is C19H15ClN2O2. The number of aromatic nitrogens is 1. The Morgan fingerprint density at radius 3 is 2.38 bits per heavy atom. The highest BCUT2D eigenvalue weighted by Gasteiger charge is 2.20. The average molecular weight is 339 g/mol. The van der Waals surface area contributed by atoms with Crippen molar-refractivity contribution in [2.45, 2.75) is 6.54 Å². The number of carbonyl (C=O) groups excluding carboxylic acids is 2. The van der Waals surface area contributed by atoms with Crippen LogP contribution in [0.2, 0.25) is 5.02 Å². The maximum atomic E-state index is 12.5. The van der Waals surface area contributed by atoms with E-state index in [9.17, 15) is 9.59 Å². The minimum Gasteiger partial charge on any atom is -0.340 e. The molecule has 120 valence electrons. The van der Waals surface area contributed by atoms with Gasteiger partial charge in [0.25, 0.3) is 11.7 Å². The number of hydrogen-bond donors (Lipinski definition) is 1. The van der Waals surface area contributed by atoms with Gasteiger partial charge in [0.2, 0.25) is 0 Å². The van der Waals surface area contributed by atoms with Crippen molar-refractivity contribution in [2.24, 2.45) is 0 Å². The summed E-state index contributed by atoms with van der Waals surface area (Å²) in [6.45, 7) is 0.522. The van der Waals surface area contributed by atoms with Crippen LogP contribution in [0, 0.1) is 0 Å². The first kappa shape index (κ1) is 16.0. The first-order valence-electron chi connectivity index (χ1n) is 7.44. The molecule has 0 saturated carbocycles. The van der Waals surface area contributed by atoms with E-state index in [0.29, 0.717) is 22.9 Å². The minimum atomic E-state index is -0.712. The molecule has 0 saturated heterocycles.